The highest BCUT2D eigenvalue weighted by atomic mass is 16.5. The first kappa shape index (κ1) is 21.9. The van der Waals surface area contributed by atoms with Crippen molar-refractivity contribution in [3.63, 3.8) is 0 Å². The van der Waals surface area contributed by atoms with E-state index in [4.69, 9.17) is 9.47 Å². The van der Waals surface area contributed by atoms with Gasteiger partial charge in [-0.05, 0) is 30.2 Å². The fourth-order valence-electron chi connectivity index (χ4n) is 2.49. The second kappa shape index (κ2) is 11.5. The lowest BCUT2D eigenvalue weighted by atomic mass is 10.1. The molecule has 29 heavy (non-hydrogen) atoms. The Morgan fingerprint density at radius 3 is 2.14 bits per heavy atom. The van der Waals surface area contributed by atoms with Crippen molar-refractivity contribution in [3.05, 3.63) is 65.7 Å². The van der Waals surface area contributed by atoms with E-state index in [0.717, 1.165) is 11.1 Å². The van der Waals surface area contributed by atoms with E-state index in [9.17, 15) is 14.4 Å². The molecule has 8 nitrogen and oxygen atoms in total. The van der Waals surface area contributed by atoms with Crippen LogP contribution in [0.1, 0.15) is 24.1 Å². The quantitative estimate of drug-likeness (QED) is 0.551. The molecule has 0 aliphatic rings. The topological polar surface area (TPSA) is 106 Å². The minimum Gasteiger partial charge on any atom is -0.497 e. The van der Waals surface area contributed by atoms with E-state index in [1.165, 1.54) is 0 Å². The highest BCUT2D eigenvalue weighted by molar-refractivity contribution is 5.84. The van der Waals surface area contributed by atoms with Crippen molar-refractivity contribution in [3.8, 4) is 5.75 Å². The van der Waals surface area contributed by atoms with E-state index < -0.39 is 5.91 Å². The van der Waals surface area contributed by atoms with Gasteiger partial charge in [-0.3, -0.25) is 25.2 Å². The minimum atomic E-state index is -0.558. The van der Waals surface area contributed by atoms with E-state index in [2.05, 4.69) is 16.2 Å². The summed E-state index contributed by atoms with van der Waals surface area (Å²) in [5.74, 6) is -0.575. The van der Waals surface area contributed by atoms with Gasteiger partial charge in [0.2, 0.25) is 11.8 Å². The van der Waals surface area contributed by atoms with Crippen molar-refractivity contribution in [1.29, 1.82) is 0 Å². The maximum atomic E-state index is 11.9. The van der Waals surface area contributed by atoms with Gasteiger partial charge in [0.25, 0.3) is 5.91 Å². The summed E-state index contributed by atoms with van der Waals surface area (Å²) in [6.07, 6.45) is 0.102. The lowest BCUT2D eigenvalue weighted by molar-refractivity contribution is -0.134. The number of hydrogen-bond donors (Lipinski definition) is 3. The monoisotopic (exact) mass is 399 g/mol. The van der Waals surface area contributed by atoms with Crippen LogP contribution in [0.3, 0.4) is 0 Å². The van der Waals surface area contributed by atoms with Gasteiger partial charge in [0.15, 0.2) is 0 Å². The lowest BCUT2D eigenvalue weighted by Crippen LogP contribution is -2.44. The molecule has 0 unspecified atom stereocenters. The Kier molecular flexibility index (Phi) is 8.65. The number of methoxy groups -OCH3 is 1. The highest BCUT2D eigenvalue weighted by Crippen LogP contribution is 2.12. The Hall–Kier alpha value is -3.39. The van der Waals surface area contributed by atoms with Crippen molar-refractivity contribution in [2.75, 3.05) is 20.3 Å². The molecule has 0 saturated carbocycles. The molecule has 0 saturated heterocycles. The van der Waals surface area contributed by atoms with Crippen molar-refractivity contribution >= 4 is 17.7 Å². The molecule has 3 N–H and O–H groups in total. The molecule has 2 rings (SSSR count). The first-order valence-corrected chi connectivity index (χ1v) is 9.10. The standard InChI is InChI=1S/C21H25N3O5/c1-15(17-6-4-3-5-7-17)22-20(26)13-29-14-21(27)24-23-19(25)12-16-8-10-18(28-2)11-9-16/h3-11,15H,12-14H2,1-2H3,(H,22,26)(H,23,25)(H,24,27)/t15-/m0/s1. The van der Waals surface area contributed by atoms with Crippen molar-refractivity contribution in [1.82, 2.24) is 16.2 Å². The number of amides is 3. The van der Waals surface area contributed by atoms with Gasteiger partial charge < -0.3 is 14.8 Å². The molecule has 0 heterocycles. The summed E-state index contributed by atoms with van der Waals surface area (Å²) in [5.41, 5.74) is 6.29. The molecule has 8 heteroatoms. The average molecular weight is 399 g/mol. The summed E-state index contributed by atoms with van der Waals surface area (Å²) in [7, 11) is 1.56. The molecule has 0 radical (unpaired) electrons. The molecule has 1 atom stereocenters. The van der Waals surface area contributed by atoms with Gasteiger partial charge in [-0.15, -0.1) is 0 Å². The highest BCUT2D eigenvalue weighted by Gasteiger charge is 2.11. The van der Waals surface area contributed by atoms with E-state index >= 15 is 0 Å². The Morgan fingerprint density at radius 2 is 1.48 bits per heavy atom. The van der Waals surface area contributed by atoms with Gasteiger partial charge in [0, 0.05) is 0 Å². The molecule has 0 aromatic heterocycles. The van der Waals surface area contributed by atoms with Crippen LogP contribution in [0.25, 0.3) is 0 Å². The molecule has 2 aromatic rings. The van der Waals surface area contributed by atoms with Crippen LogP contribution in [0, 0.1) is 0 Å². The zero-order valence-corrected chi connectivity index (χ0v) is 16.4. The Morgan fingerprint density at radius 1 is 0.862 bits per heavy atom. The SMILES string of the molecule is COc1ccc(CC(=O)NNC(=O)COCC(=O)N[C@@H](C)c2ccccc2)cc1. The third kappa shape index (κ3) is 8.02. The van der Waals surface area contributed by atoms with Gasteiger partial charge >= 0.3 is 0 Å². The molecule has 154 valence electrons. The predicted molar refractivity (Wildman–Crippen MR) is 107 cm³/mol. The summed E-state index contributed by atoms with van der Waals surface area (Å²) in [5, 5.41) is 2.78. The molecule has 0 aliphatic carbocycles. The number of benzene rings is 2. The Balaban J connectivity index is 1.61. The normalized spacial score (nSPS) is 11.2. The lowest BCUT2D eigenvalue weighted by Gasteiger charge is -2.14. The molecule has 0 bridgehead atoms. The van der Waals surface area contributed by atoms with E-state index in [1.807, 2.05) is 37.3 Å². The summed E-state index contributed by atoms with van der Waals surface area (Å²) < 4.78 is 10.1. The molecular formula is C21H25N3O5. The maximum absolute atomic E-state index is 11.9. The zero-order chi connectivity index (χ0) is 21.1. The second-order valence-electron chi connectivity index (χ2n) is 6.31. The zero-order valence-electron chi connectivity index (χ0n) is 16.4. The van der Waals surface area contributed by atoms with Gasteiger partial charge in [0.1, 0.15) is 19.0 Å². The van der Waals surface area contributed by atoms with E-state index in [1.54, 1.807) is 31.4 Å². The van der Waals surface area contributed by atoms with Crippen LogP contribution in [0.2, 0.25) is 0 Å². The van der Waals surface area contributed by atoms with Crippen LogP contribution in [0.5, 0.6) is 5.75 Å². The number of carbonyl (C=O) groups excluding carboxylic acids is 3. The molecule has 0 aliphatic heterocycles. The number of hydrogen-bond acceptors (Lipinski definition) is 5. The molecule has 0 fully saturated rings. The maximum Gasteiger partial charge on any atom is 0.264 e. The molecule has 0 spiro atoms. The first-order valence-electron chi connectivity index (χ1n) is 9.10. The number of hydrazine groups is 1. The second-order valence-corrected chi connectivity index (χ2v) is 6.31. The Labute approximate surface area is 169 Å². The van der Waals surface area contributed by atoms with Crippen molar-refractivity contribution in [2.45, 2.75) is 19.4 Å². The predicted octanol–water partition coefficient (Wildman–Crippen LogP) is 1.28. The number of ether oxygens (including phenoxy) is 2. The van der Waals surface area contributed by atoms with Crippen LogP contribution in [-0.2, 0) is 25.5 Å². The van der Waals surface area contributed by atoms with Crippen LogP contribution < -0.4 is 20.9 Å². The van der Waals surface area contributed by atoms with Gasteiger partial charge in [-0.1, -0.05) is 42.5 Å². The average Bonchev–Trinajstić information content (AvgIpc) is 2.73. The summed E-state index contributed by atoms with van der Waals surface area (Å²) >= 11 is 0. The number of nitrogens with one attached hydrogen (secondary N) is 3. The van der Waals surface area contributed by atoms with Crippen molar-refractivity contribution in [2.24, 2.45) is 0 Å². The molecule has 3 amide bonds. The first-order chi connectivity index (χ1) is 14.0. The van der Waals surface area contributed by atoms with Gasteiger partial charge in [-0.25, -0.2) is 0 Å². The fourth-order valence-corrected chi connectivity index (χ4v) is 2.49. The number of carbonyl (C=O) groups is 3. The van der Waals surface area contributed by atoms with E-state index in [-0.39, 0.29) is 37.5 Å². The van der Waals surface area contributed by atoms with Crippen LogP contribution in [-0.4, -0.2) is 38.0 Å². The Bertz CT molecular complexity index is 809. The van der Waals surface area contributed by atoms with Crippen LogP contribution >= 0.6 is 0 Å². The third-order valence-corrected chi connectivity index (χ3v) is 4.01. The number of rotatable bonds is 9. The summed E-state index contributed by atoms with van der Waals surface area (Å²) in [4.78, 5) is 35.4. The van der Waals surface area contributed by atoms with Gasteiger partial charge in [-0.2, -0.15) is 0 Å². The molecule has 2 aromatic carbocycles. The smallest absolute Gasteiger partial charge is 0.264 e. The summed E-state index contributed by atoms with van der Waals surface area (Å²) in [6.45, 7) is 1.25. The van der Waals surface area contributed by atoms with Crippen LogP contribution in [0.15, 0.2) is 54.6 Å². The molecular weight excluding hydrogens is 374 g/mol. The van der Waals surface area contributed by atoms with Crippen LogP contribution in [0.4, 0.5) is 0 Å². The van der Waals surface area contributed by atoms with Crippen molar-refractivity contribution < 1.29 is 23.9 Å². The fraction of sp³-hybridized carbons (Fsp3) is 0.286. The van der Waals surface area contributed by atoms with E-state index in [0.29, 0.717) is 5.75 Å². The largest absolute Gasteiger partial charge is 0.497 e. The van der Waals surface area contributed by atoms with Gasteiger partial charge in [0.05, 0.1) is 19.6 Å². The third-order valence-electron chi connectivity index (χ3n) is 4.01. The summed E-state index contributed by atoms with van der Waals surface area (Å²) in [6, 6.07) is 16.4. The minimum absolute atomic E-state index is 0.102.